The summed E-state index contributed by atoms with van der Waals surface area (Å²) in [4.78, 5) is 16.9. The van der Waals surface area contributed by atoms with E-state index in [1.165, 1.54) is 12.8 Å². The number of nitrogens with one attached hydrogen (secondary N) is 3. The molecule has 0 saturated carbocycles. The van der Waals surface area contributed by atoms with Gasteiger partial charge in [0.2, 0.25) is 0 Å². The maximum absolute atomic E-state index is 13.6. The number of hydrogen-bond acceptors (Lipinski definition) is 4. The third-order valence-corrected chi connectivity index (χ3v) is 7.72. The van der Waals surface area contributed by atoms with Crippen molar-refractivity contribution in [3.8, 4) is 16.9 Å². The highest BCUT2D eigenvalue weighted by molar-refractivity contribution is 6.03. The number of rotatable bonds is 4. The van der Waals surface area contributed by atoms with E-state index in [0.717, 1.165) is 58.4 Å². The number of aromatic amines is 1. The number of carbonyl (C=O) groups is 1. The molecule has 4 N–H and O–H groups in total. The lowest BCUT2D eigenvalue weighted by Crippen LogP contribution is -2.33. The van der Waals surface area contributed by atoms with Gasteiger partial charge in [-0.3, -0.25) is 4.79 Å². The zero-order valence-electron chi connectivity index (χ0n) is 19.8. The van der Waals surface area contributed by atoms with Crippen molar-refractivity contribution < 1.29 is 9.90 Å². The number of carbonyl (C=O) groups excluding carboxylic acids is 1. The van der Waals surface area contributed by atoms with Gasteiger partial charge in [0.25, 0.3) is 0 Å². The lowest BCUT2D eigenvalue weighted by Gasteiger charge is -2.32. The monoisotopic (exact) mass is 465 g/mol. The summed E-state index contributed by atoms with van der Waals surface area (Å²) in [6, 6.07) is 22.1. The molecule has 0 bridgehead atoms. The van der Waals surface area contributed by atoms with Gasteiger partial charge in [-0.2, -0.15) is 0 Å². The highest BCUT2D eigenvalue weighted by Gasteiger charge is 2.33. The molecule has 5 nitrogen and oxygen atoms in total. The van der Waals surface area contributed by atoms with Gasteiger partial charge in [0.15, 0.2) is 5.78 Å². The molecule has 3 atom stereocenters. The molecule has 3 unspecified atom stereocenters. The standard InChI is InChI=1S/C30H31N3O2/c34-25-7-3-20(4-8-25)30-24(14-19-2-1-12-31-18-19)17-29(35)26-16-22(6-10-28(26)33-30)21-5-9-27-23(15-21)11-13-32-27/h3-11,13,15-16,19,24,30-34H,1-2,12,14,17-18H2. The van der Waals surface area contributed by atoms with Crippen LogP contribution in [0.3, 0.4) is 0 Å². The number of piperidine rings is 1. The van der Waals surface area contributed by atoms with Gasteiger partial charge in [-0.1, -0.05) is 24.3 Å². The van der Waals surface area contributed by atoms with Gasteiger partial charge < -0.3 is 20.7 Å². The van der Waals surface area contributed by atoms with Gasteiger partial charge >= 0.3 is 0 Å². The number of phenolic OH excluding ortho intramolecular Hbond substituents is 1. The van der Waals surface area contributed by atoms with Crippen LogP contribution in [0.5, 0.6) is 5.75 Å². The number of ketones is 1. The van der Waals surface area contributed by atoms with E-state index in [-0.39, 0.29) is 23.5 Å². The quantitative estimate of drug-likeness (QED) is 0.286. The summed E-state index contributed by atoms with van der Waals surface area (Å²) in [5.41, 5.74) is 6.04. The van der Waals surface area contributed by atoms with Gasteiger partial charge in [0.1, 0.15) is 5.75 Å². The number of Topliss-reactive ketones (excluding diaryl/α,β-unsaturated/α-hetero) is 1. The SMILES string of the molecule is O=C1CC(CC2CCCNC2)C(c2ccc(O)cc2)Nc2ccc(-c3ccc4[nH]ccc4c3)cc21. The van der Waals surface area contributed by atoms with Crippen molar-refractivity contribution >= 4 is 22.4 Å². The summed E-state index contributed by atoms with van der Waals surface area (Å²) in [6.07, 6.45) is 5.87. The van der Waals surface area contributed by atoms with Crippen LogP contribution >= 0.6 is 0 Å². The Morgan fingerprint density at radius 3 is 2.60 bits per heavy atom. The molecule has 0 spiro atoms. The number of fused-ring (bicyclic) bond motifs is 2. The smallest absolute Gasteiger partial charge is 0.165 e. The molecule has 6 rings (SSSR count). The minimum absolute atomic E-state index is 0.0183. The Morgan fingerprint density at radius 2 is 1.77 bits per heavy atom. The lowest BCUT2D eigenvalue weighted by molar-refractivity contribution is 0.0951. The largest absolute Gasteiger partial charge is 0.508 e. The Morgan fingerprint density at radius 1 is 0.943 bits per heavy atom. The molecular formula is C30H31N3O2. The van der Waals surface area contributed by atoms with Crippen LogP contribution in [0.4, 0.5) is 5.69 Å². The molecule has 178 valence electrons. The van der Waals surface area contributed by atoms with Gasteiger partial charge in [-0.15, -0.1) is 0 Å². The van der Waals surface area contributed by atoms with Gasteiger partial charge in [-0.05, 0) is 109 Å². The van der Waals surface area contributed by atoms with Crippen LogP contribution in [0, 0.1) is 11.8 Å². The van der Waals surface area contributed by atoms with Crippen LogP contribution in [0.1, 0.15) is 47.6 Å². The number of phenols is 1. The van der Waals surface area contributed by atoms with E-state index in [0.29, 0.717) is 12.3 Å². The van der Waals surface area contributed by atoms with E-state index in [1.54, 1.807) is 12.1 Å². The van der Waals surface area contributed by atoms with Gasteiger partial charge in [0.05, 0.1) is 6.04 Å². The fourth-order valence-electron chi connectivity index (χ4n) is 5.87. The highest BCUT2D eigenvalue weighted by atomic mass is 16.3. The molecule has 2 aliphatic heterocycles. The van der Waals surface area contributed by atoms with Crippen LogP contribution in [0.15, 0.2) is 72.9 Å². The van der Waals surface area contributed by atoms with E-state index in [1.807, 2.05) is 18.3 Å². The molecule has 2 aliphatic rings. The predicted octanol–water partition coefficient (Wildman–Crippen LogP) is 6.29. The first-order chi connectivity index (χ1) is 17.1. The van der Waals surface area contributed by atoms with Crippen LogP contribution in [-0.2, 0) is 0 Å². The first kappa shape index (κ1) is 21.9. The summed E-state index contributed by atoms with van der Waals surface area (Å²) >= 11 is 0. The number of anilines is 1. The second kappa shape index (κ2) is 9.23. The van der Waals surface area contributed by atoms with Crippen molar-refractivity contribution in [3.05, 3.63) is 84.1 Å². The van der Waals surface area contributed by atoms with Crippen LogP contribution < -0.4 is 10.6 Å². The topological polar surface area (TPSA) is 77.2 Å². The molecule has 5 heteroatoms. The van der Waals surface area contributed by atoms with E-state index in [2.05, 4.69) is 58.1 Å². The maximum Gasteiger partial charge on any atom is 0.165 e. The number of hydrogen-bond donors (Lipinski definition) is 4. The molecule has 3 aromatic carbocycles. The molecule has 1 aromatic heterocycles. The van der Waals surface area contributed by atoms with Crippen molar-refractivity contribution in [2.45, 2.75) is 31.7 Å². The molecule has 0 aliphatic carbocycles. The number of H-pyrrole nitrogens is 1. The fourth-order valence-corrected chi connectivity index (χ4v) is 5.87. The number of aromatic nitrogens is 1. The molecular weight excluding hydrogens is 434 g/mol. The highest BCUT2D eigenvalue weighted by Crippen LogP contribution is 2.41. The Kier molecular flexibility index (Phi) is 5.78. The fraction of sp³-hybridized carbons (Fsp3) is 0.300. The molecule has 3 heterocycles. The summed E-state index contributed by atoms with van der Waals surface area (Å²) in [7, 11) is 0. The van der Waals surface area contributed by atoms with Crippen molar-refractivity contribution in [1.82, 2.24) is 10.3 Å². The second-order valence-electron chi connectivity index (χ2n) is 10.1. The zero-order chi connectivity index (χ0) is 23.8. The van der Waals surface area contributed by atoms with E-state index >= 15 is 0 Å². The zero-order valence-corrected chi connectivity index (χ0v) is 19.8. The van der Waals surface area contributed by atoms with Crippen molar-refractivity contribution in [1.29, 1.82) is 0 Å². The van der Waals surface area contributed by atoms with E-state index < -0.39 is 0 Å². The van der Waals surface area contributed by atoms with E-state index in [9.17, 15) is 9.90 Å². The molecule has 0 radical (unpaired) electrons. The normalized spacial score (nSPS) is 22.4. The predicted molar refractivity (Wildman–Crippen MR) is 141 cm³/mol. The van der Waals surface area contributed by atoms with Crippen molar-refractivity contribution in [3.63, 3.8) is 0 Å². The van der Waals surface area contributed by atoms with Crippen LogP contribution in [-0.4, -0.2) is 29.0 Å². The minimum atomic E-state index is 0.0183. The Balaban J connectivity index is 1.36. The summed E-state index contributed by atoms with van der Waals surface area (Å²) < 4.78 is 0. The lowest BCUT2D eigenvalue weighted by atomic mass is 9.80. The maximum atomic E-state index is 13.6. The molecule has 1 saturated heterocycles. The minimum Gasteiger partial charge on any atom is -0.508 e. The molecule has 0 amide bonds. The van der Waals surface area contributed by atoms with E-state index in [4.69, 9.17) is 0 Å². The first-order valence-corrected chi connectivity index (χ1v) is 12.6. The first-order valence-electron chi connectivity index (χ1n) is 12.6. The molecule has 4 aromatic rings. The number of aromatic hydroxyl groups is 1. The Labute approximate surface area is 205 Å². The summed E-state index contributed by atoms with van der Waals surface area (Å²) in [5.74, 6) is 1.22. The number of benzene rings is 3. The average Bonchev–Trinajstić information content (AvgIpc) is 3.31. The summed E-state index contributed by atoms with van der Waals surface area (Å²) in [5, 5.41) is 18.3. The third kappa shape index (κ3) is 4.44. The van der Waals surface area contributed by atoms with Gasteiger partial charge in [0, 0.05) is 29.4 Å². The average molecular weight is 466 g/mol. The van der Waals surface area contributed by atoms with Gasteiger partial charge in [-0.25, -0.2) is 0 Å². The molecule has 35 heavy (non-hydrogen) atoms. The third-order valence-electron chi connectivity index (χ3n) is 7.72. The van der Waals surface area contributed by atoms with Crippen molar-refractivity contribution in [2.75, 3.05) is 18.4 Å². The Hall–Kier alpha value is -3.57. The van der Waals surface area contributed by atoms with Crippen LogP contribution in [0.25, 0.3) is 22.0 Å². The molecule has 1 fully saturated rings. The summed E-state index contributed by atoms with van der Waals surface area (Å²) in [6.45, 7) is 2.11. The van der Waals surface area contributed by atoms with Crippen LogP contribution in [0.2, 0.25) is 0 Å². The second-order valence-corrected chi connectivity index (χ2v) is 10.1. The Bertz CT molecular complexity index is 1350. The van der Waals surface area contributed by atoms with Crippen molar-refractivity contribution in [2.24, 2.45) is 11.8 Å².